The number of aliphatic carboxylic acids is 1. The van der Waals surface area contributed by atoms with Crippen LogP contribution < -0.4 is 10.9 Å². The molecule has 0 aliphatic carbocycles. The molecule has 1 atom stereocenters. The SMILES string of the molecule is O=C(O)C(NNc1nccs1)C(=O)c1ccccc1. The number of aromatic nitrogens is 1. The van der Waals surface area contributed by atoms with Crippen molar-refractivity contribution in [2.24, 2.45) is 0 Å². The van der Waals surface area contributed by atoms with Gasteiger partial charge in [-0.3, -0.25) is 10.2 Å². The smallest absolute Gasteiger partial charge is 0.330 e. The fourth-order valence-corrected chi connectivity index (χ4v) is 1.92. The second kappa shape index (κ2) is 6.07. The quantitative estimate of drug-likeness (QED) is 0.420. The van der Waals surface area contributed by atoms with Gasteiger partial charge in [0.15, 0.2) is 17.0 Å². The van der Waals surface area contributed by atoms with Crippen LogP contribution in [0.2, 0.25) is 0 Å². The van der Waals surface area contributed by atoms with Crippen LogP contribution in [0, 0.1) is 0 Å². The van der Waals surface area contributed by atoms with E-state index in [1.807, 2.05) is 0 Å². The van der Waals surface area contributed by atoms with E-state index < -0.39 is 17.8 Å². The Hall–Kier alpha value is -2.25. The highest BCUT2D eigenvalue weighted by Gasteiger charge is 2.27. The van der Waals surface area contributed by atoms with Gasteiger partial charge in [0.05, 0.1) is 0 Å². The molecule has 1 aromatic heterocycles. The number of benzene rings is 1. The van der Waals surface area contributed by atoms with E-state index in [1.54, 1.807) is 41.9 Å². The third-order valence-electron chi connectivity index (χ3n) is 2.32. The number of hydrogen-bond donors (Lipinski definition) is 3. The molecule has 0 fully saturated rings. The number of Topliss-reactive ketones (excluding diaryl/α,β-unsaturated/α-hetero) is 1. The molecule has 0 saturated carbocycles. The number of hydrazine groups is 1. The van der Waals surface area contributed by atoms with Crippen LogP contribution in [-0.2, 0) is 4.79 Å². The van der Waals surface area contributed by atoms with Gasteiger partial charge in [0.25, 0.3) is 0 Å². The number of nitrogens with zero attached hydrogens (tertiary/aromatic N) is 1. The van der Waals surface area contributed by atoms with Crippen molar-refractivity contribution in [3.05, 3.63) is 47.5 Å². The average molecular weight is 277 g/mol. The molecule has 0 aliphatic rings. The van der Waals surface area contributed by atoms with Crippen molar-refractivity contribution in [3.63, 3.8) is 0 Å². The summed E-state index contributed by atoms with van der Waals surface area (Å²) >= 11 is 1.30. The molecule has 0 amide bonds. The maximum absolute atomic E-state index is 12.0. The Morgan fingerprint density at radius 2 is 2.00 bits per heavy atom. The Morgan fingerprint density at radius 1 is 1.26 bits per heavy atom. The molecule has 0 spiro atoms. The first-order valence-corrected chi connectivity index (χ1v) is 6.29. The van der Waals surface area contributed by atoms with Crippen LogP contribution in [0.25, 0.3) is 0 Å². The molecule has 0 radical (unpaired) electrons. The molecule has 0 saturated heterocycles. The summed E-state index contributed by atoms with van der Waals surface area (Å²) in [6, 6.07) is 6.90. The lowest BCUT2D eigenvalue weighted by molar-refractivity contribution is -0.137. The Balaban J connectivity index is 2.08. The van der Waals surface area contributed by atoms with Crippen LogP contribution >= 0.6 is 11.3 Å². The molecule has 6 nitrogen and oxygen atoms in total. The van der Waals surface area contributed by atoms with Gasteiger partial charge in [-0.2, -0.15) is 0 Å². The number of hydrogen-bond acceptors (Lipinski definition) is 6. The topological polar surface area (TPSA) is 91.3 Å². The fraction of sp³-hybridized carbons (Fsp3) is 0.0833. The van der Waals surface area contributed by atoms with Crippen molar-refractivity contribution in [2.75, 3.05) is 5.43 Å². The fourth-order valence-electron chi connectivity index (χ4n) is 1.43. The van der Waals surface area contributed by atoms with Crippen LogP contribution in [0.1, 0.15) is 10.4 Å². The van der Waals surface area contributed by atoms with E-state index >= 15 is 0 Å². The summed E-state index contributed by atoms with van der Waals surface area (Å²) in [5.41, 5.74) is 5.42. The number of carbonyl (C=O) groups excluding carboxylic acids is 1. The van der Waals surface area contributed by atoms with Crippen molar-refractivity contribution in [3.8, 4) is 0 Å². The number of thiazole rings is 1. The average Bonchev–Trinajstić information content (AvgIpc) is 2.92. The molecule has 2 rings (SSSR count). The van der Waals surface area contributed by atoms with E-state index in [2.05, 4.69) is 15.8 Å². The van der Waals surface area contributed by atoms with E-state index in [-0.39, 0.29) is 0 Å². The molecule has 0 aliphatic heterocycles. The van der Waals surface area contributed by atoms with Gasteiger partial charge in [-0.15, -0.1) is 11.3 Å². The van der Waals surface area contributed by atoms with Gasteiger partial charge in [-0.1, -0.05) is 30.3 Å². The van der Waals surface area contributed by atoms with Gasteiger partial charge in [-0.05, 0) is 0 Å². The number of ketones is 1. The minimum Gasteiger partial charge on any atom is -0.480 e. The van der Waals surface area contributed by atoms with E-state index in [0.717, 1.165) is 0 Å². The van der Waals surface area contributed by atoms with Gasteiger partial charge < -0.3 is 5.11 Å². The minimum atomic E-state index is -1.37. The van der Waals surface area contributed by atoms with Crippen molar-refractivity contribution in [1.29, 1.82) is 0 Å². The Morgan fingerprint density at radius 3 is 2.58 bits per heavy atom. The zero-order chi connectivity index (χ0) is 13.7. The number of carbonyl (C=O) groups is 2. The third-order valence-corrected chi connectivity index (χ3v) is 3.01. The standard InChI is InChI=1S/C12H11N3O3S/c16-10(8-4-2-1-3-5-8)9(11(17)18)14-15-12-13-6-7-19-12/h1-7,9,14H,(H,13,15)(H,17,18). The molecular formula is C12H11N3O3S. The Bertz CT molecular complexity index is 557. The van der Waals surface area contributed by atoms with Crippen molar-refractivity contribution >= 4 is 28.2 Å². The first-order valence-electron chi connectivity index (χ1n) is 5.41. The number of carboxylic acid groups (broad SMARTS) is 1. The van der Waals surface area contributed by atoms with Gasteiger partial charge in [-0.25, -0.2) is 15.2 Å². The zero-order valence-electron chi connectivity index (χ0n) is 9.74. The van der Waals surface area contributed by atoms with Gasteiger partial charge in [0.1, 0.15) is 0 Å². The molecule has 1 heterocycles. The highest BCUT2D eigenvalue weighted by Crippen LogP contribution is 2.09. The second-order valence-corrected chi connectivity index (χ2v) is 4.50. The number of anilines is 1. The van der Waals surface area contributed by atoms with Crippen LogP contribution in [0.5, 0.6) is 0 Å². The van der Waals surface area contributed by atoms with Gasteiger partial charge in [0.2, 0.25) is 0 Å². The van der Waals surface area contributed by atoms with Crippen molar-refractivity contribution in [2.45, 2.75) is 6.04 Å². The summed E-state index contributed by atoms with van der Waals surface area (Å²) in [6.45, 7) is 0. The van der Waals surface area contributed by atoms with E-state index in [0.29, 0.717) is 10.7 Å². The molecule has 1 aromatic carbocycles. The Kier molecular flexibility index (Phi) is 4.22. The molecule has 7 heteroatoms. The van der Waals surface area contributed by atoms with E-state index in [1.165, 1.54) is 11.3 Å². The largest absolute Gasteiger partial charge is 0.480 e. The summed E-state index contributed by atoms with van der Waals surface area (Å²) in [6.07, 6.45) is 1.57. The zero-order valence-corrected chi connectivity index (χ0v) is 10.6. The van der Waals surface area contributed by atoms with Gasteiger partial charge in [0, 0.05) is 17.1 Å². The van der Waals surface area contributed by atoms with Crippen molar-refractivity contribution < 1.29 is 14.7 Å². The summed E-state index contributed by atoms with van der Waals surface area (Å²) < 4.78 is 0. The number of nitrogens with one attached hydrogen (secondary N) is 2. The molecule has 0 bridgehead atoms. The molecule has 2 aromatic rings. The summed E-state index contributed by atoms with van der Waals surface area (Å²) in [4.78, 5) is 27.1. The monoisotopic (exact) mass is 277 g/mol. The molecule has 19 heavy (non-hydrogen) atoms. The van der Waals surface area contributed by atoms with E-state index in [4.69, 9.17) is 5.11 Å². The van der Waals surface area contributed by atoms with E-state index in [9.17, 15) is 9.59 Å². The number of carboxylic acids is 1. The summed E-state index contributed by atoms with van der Waals surface area (Å²) in [5, 5.41) is 11.3. The normalized spacial score (nSPS) is 11.8. The predicted molar refractivity (Wildman–Crippen MR) is 71.1 cm³/mol. The first-order chi connectivity index (χ1) is 9.18. The molecule has 98 valence electrons. The van der Waals surface area contributed by atoms with Crippen LogP contribution in [-0.4, -0.2) is 27.9 Å². The number of rotatable bonds is 6. The van der Waals surface area contributed by atoms with Crippen LogP contribution in [0.3, 0.4) is 0 Å². The highest BCUT2D eigenvalue weighted by atomic mass is 32.1. The Labute approximate surface area is 113 Å². The molecule has 1 unspecified atom stereocenters. The van der Waals surface area contributed by atoms with Gasteiger partial charge >= 0.3 is 5.97 Å². The molecular weight excluding hydrogens is 266 g/mol. The lowest BCUT2D eigenvalue weighted by Gasteiger charge is -2.13. The maximum Gasteiger partial charge on any atom is 0.330 e. The summed E-state index contributed by atoms with van der Waals surface area (Å²) in [5.74, 6) is -1.77. The summed E-state index contributed by atoms with van der Waals surface area (Å²) in [7, 11) is 0. The van der Waals surface area contributed by atoms with Crippen molar-refractivity contribution in [1.82, 2.24) is 10.4 Å². The van der Waals surface area contributed by atoms with Crippen LogP contribution in [0.4, 0.5) is 5.13 Å². The lowest BCUT2D eigenvalue weighted by Crippen LogP contribution is -2.46. The second-order valence-electron chi connectivity index (χ2n) is 3.61. The predicted octanol–water partition coefficient (Wildman–Crippen LogP) is 1.40. The first kappa shape index (κ1) is 13.2. The molecule has 3 N–H and O–H groups in total. The lowest BCUT2D eigenvalue weighted by atomic mass is 10.1. The highest BCUT2D eigenvalue weighted by molar-refractivity contribution is 7.13. The third kappa shape index (κ3) is 3.36. The van der Waals surface area contributed by atoms with Crippen LogP contribution in [0.15, 0.2) is 41.9 Å². The maximum atomic E-state index is 12.0. The minimum absolute atomic E-state index is 0.336.